The first-order valence-electron chi connectivity index (χ1n) is 5.91. The van der Waals surface area contributed by atoms with Crippen LogP contribution in [0.25, 0.3) is 0 Å². The summed E-state index contributed by atoms with van der Waals surface area (Å²) < 4.78 is 0.987. The van der Waals surface area contributed by atoms with Gasteiger partial charge in [-0.15, -0.1) is 0 Å². The second kappa shape index (κ2) is 5.72. The number of halogens is 1. The largest absolute Gasteiger partial charge is 0.389 e. The topological polar surface area (TPSA) is 38.0 Å². The molecule has 19 heavy (non-hydrogen) atoms. The molecule has 0 amide bonds. The molecule has 0 saturated heterocycles. The van der Waals surface area contributed by atoms with E-state index in [9.17, 15) is 0 Å². The van der Waals surface area contributed by atoms with Gasteiger partial charge in [-0.3, -0.25) is 0 Å². The molecular formula is C15H15BrN2S. The molecule has 98 valence electrons. The molecule has 0 unspecified atom stereocenters. The highest BCUT2D eigenvalue weighted by atomic mass is 79.9. The Morgan fingerprint density at radius 3 is 2.37 bits per heavy atom. The van der Waals surface area contributed by atoms with Crippen LogP contribution in [0.2, 0.25) is 0 Å². The van der Waals surface area contributed by atoms with Crippen molar-refractivity contribution < 1.29 is 0 Å². The number of para-hydroxylation sites is 1. The summed E-state index contributed by atoms with van der Waals surface area (Å²) in [6, 6.07) is 12.0. The molecule has 0 aliphatic heterocycles. The monoisotopic (exact) mass is 334 g/mol. The Bertz CT molecular complexity index is 618. The number of nitrogens with one attached hydrogen (secondary N) is 1. The molecule has 0 bridgehead atoms. The molecule has 0 spiro atoms. The van der Waals surface area contributed by atoms with Crippen molar-refractivity contribution in [3.05, 3.63) is 57.6 Å². The van der Waals surface area contributed by atoms with Gasteiger partial charge in [0.15, 0.2) is 0 Å². The lowest BCUT2D eigenvalue weighted by atomic mass is 10.1. The molecule has 0 heterocycles. The van der Waals surface area contributed by atoms with Crippen molar-refractivity contribution in [3.63, 3.8) is 0 Å². The summed E-state index contributed by atoms with van der Waals surface area (Å²) in [6.07, 6.45) is 0. The third-order valence-corrected chi connectivity index (χ3v) is 3.70. The average Bonchev–Trinajstić information content (AvgIpc) is 2.33. The van der Waals surface area contributed by atoms with E-state index >= 15 is 0 Å². The first-order chi connectivity index (χ1) is 8.99. The molecule has 2 rings (SSSR count). The third-order valence-electron chi connectivity index (χ3n) is 2.99. The summed E-state index contributed by atoms with van der Waals surface area (Å²) >= 11 is 8.57. The Labute approximate surface area is 127 Å². The van der Waals surface area contributed by atoms with Gasteiger partial charge in [0.1, 0.15) is 4.99 Å². The normalized spacial score (nSPS) is 10.3. The Balaban J connectivity index is 2.49. The maximum atomic E-state index is 5.77. The van der Waals surface area contributed by atoms with Gasteiger partial charge in [0.05, 0.1) is 0 Å². The maximum absolute atomic E-state index is 5.77. The summed E-state index contributed by atoms with van der Waals surface area (Å²) in [5, 5.41) is 3.43. The van der Waals surface area contributed by atoms with E-state index in [1.807, 2.05) is 24.3 Å². The van der Waals surface area contributed by atoms with E-state index in [1.165, 1.54) is 11.1 Å². The van der Waals surface area contributed by atoms with Crippen molar-refractivity contribution in [1.82, 2.24) is 0 Å². The van der Waals surface area contributed by atoms with Crippen LogP contribution in [0.5, 0.6) is 0 Å². The molecule has 2 aromatic rings. The highest BCUT2D eigenvalue weighted by Gasteiger charge is 2.09. The van der Waals surface area contributed by atoms with Crippen LogP contribution in [0.1, 0.15) is 16.7 Å². The number of benzene rings is 2. The predicted molar refractivity (Wildman–Crippen MR) is 89.2 cm³/mol. The van der Waals surface area contributed by atoms with Crippen LogP contribution < -0.4 is 11.1 Å². The summed E-state index contributed by atoms with van der Waals surface area (Å²) in [5.41, 5.74) is 11.0. The van der Waals surface area contributed by atoms with Gasteiger partial charge in [-0.2, -0.15) is 0 Å². The Morgan fingerprint density at radius 1 is 1.16 bits per heavy atom. The maximum Gasteiger partial charge on any atom is 0.106 e. The number of nitrogens with two attached hydrogens (primary N) is 1. The lowest BCUT2D eigenvalue weighted by Crippen LogP contribution is -2.12. The number of anilines is 2. The second-order valence-corrected chi connectivity index (χ2v) is 5.80. The molecular weight excluding hydrogens is 320 g/mol. The minimum Gasteiger partial charge on any atom is -0.389 e. The van der Waals surface area contributed by atoms with E-state index in [0.29, 0.717) is 4.99 Å². The van der Waals surface area contributed by atoms with Crippen LogP contribution in [0, 0.1) is 13.8 Å². The zero-order valence-corrected chi connectivity index (χ0v) is 13.2. The number of thiocarbonyl (C=S) groups is 1. The van der Waals surface area contributed by atoms with Gasteiger partial charge in [0.25, 0.3) is 0 Å². The van der Waals surface area contributed by atoms with Gasteiger partial charge in [-0.25, -0.2) is 0 Å². The SMILES string of the molecule is Cc1cccc(C)c1Nc1cc(Br)ccc1C(N)=S. The van der Waals surface area contributed by atoms with Gasteiger partial charge in [0, 0.05) is 21.4 Å². The highest BCUT2D eigenvalue weighted by Crippen LogP contribution is 2.28. The van der Waals surface area contributed by atoms with Gasteiger partial charge >= 0.3 is 0 Å². The summed E-state index contributed by atoms with van der Waals surface area (Å²) in [4.78, 5) is 0.390. The van der Waals surface area contributed by atoms with E-state index in [1.54, 1.807) is 0 Å². The molecule has 3 N–H and O–H groups in total. The zero-order chi connectivity index (χ0) is 14.0. The Hall–Kier alpha value is -1.39. The minimum atomic E-state index is 0.390. The van der Waals surface area contributed by atoms with Crippen LogP contribution in [-0.4, -0.2) is 4.99 Å². The molecule has 4 heteroatoms. The van der Waals surface area contributed by atoms with Gasteiger partial charge in [-0.05, 0) is 43.2 Å². The number of aryl methyl sites for hydroxylation is 2. The molecule has 0 aliphatic rings. The van der Waals surface area contributed by atoms with E-state index in [-0.39, 0.29) is 0 Å². The highest BCUT2D eigenvalue weighted by molar-refractivity contribution is 9.10. The molecule has 0 aromatic heterocycles. The van der Waals surface area contributed by atoms with Crippen LogP contribution >= 0.6 is 28.1 Å². The fourth-order valence-electron chi connectivity index (χ4n) is 1.98. The van der Waals surface area contributed by atoms with Crippen LogP contribution in [0.15, 0.2) is 40.9 Å². The van der Waals surface area contributed by atoms with Crippen molar-refractivity contribution in [3.8, 4) is 0 Å². The first-order valence-corrected chi connectivity index (χ1v) is 7.12. The van der Waals surface area contributed by atoms with E-state index in [0.717, 1.165) is 21.4 Å². The summed E-state index contributed by atoms with van der Waals surface area (Å²) in [7, 11) is 0. The third kappa shape index (κ3) is 3.14. The van der Waals surface area contributed by atoms with Crippen LogP contribution in [0.3, 0.4) is 0 Å². The first kappa shape index (κ1) is 14.0. The van der Waals surface area contributed by atoms with Gasteiger partial charge < -0.3 is 11.1 Å². The molecule has 0 radical (unpaired) electrons. The predicted octanol–water partition coefficient (Wildman–Crippen LogP) is 4.44. The van der Waals surface area contributed by atoms with E-state index < -0.39 is 0 Å². The second-order valence-electron chi connectivity index (χ2n) is 4.45. The van der Waals surface area contributed by atoms with Crippen molar-refractivity contribution in [2.75, 3.05) is 5.32 Å². The lowest BCUT2D eigenvalue weighted by molar-refractivity contribution is 1.35. The zero-order valence-electron chi connectivity index (χ0n) is 10.8. The van der Waals surface area contributed by atoms with Crippen molar-refractivity contribution in [2.24, 2.45) is 5.73 Å². The van der Waals surface area contributed by atoms with Crippen molar-refractivity contribution >= 4 is 44.5 Å². The van der Waals surface area contributed by atoms with E-state index in [4.69, 9.17) is 18.0 Å². The van der Waals surface area contributed by atoms with Crippen LogP contribution in [-0.2, 0) is 0 Å². The fraction of sp³-hybridized carbons (Fsp3) is 0.133. The Kier molecular flexibility index (Phi) is 4.22. The average molecular weight is 335 g/mol. The number of hydrogen-bond donors (Lipinski definition) is 2. The van der Waals surface area contributed by atoms with Crippen molar-refractivity contribution in [2.45, 2.75) is 13.8 Å². The van der Waals surface area contributed by atoms with E-state index in [2.05, 4.69) is 47.2 Å². The minimum absolute atomic E-state index is 0.390. The lowest BCUT2D eigenvalue weighted by Gasteiger charge is -2.15. The van der Waals surface area contributed by atoms with Gasteiger partial charge in [-0.1, -0.05) is 46.3 Å². The van der Waals surface area contributed by atoms with Gasteiger partial charge in [0.2, 0.25) is 0 Å². The number of rotatable bonds is 3. The summed E-state index contributed by atoms with van der Waals surface area (Å²) in [6.45, 7) is 4.15. The standard InChI is InChI=1S/C15H15BrN2S/c1-9-4-3-5-10(2)14(9)18-13-8-11(16)6-7-12(13)15(17)19/h3-8,18H,1-2H3,(H2,17,19). The molecule has 0 saturated carbocycles. The van der Waals surface area contributed by atoms with Crippen molar-refractivity contribution in [1.29, 1.82) is 0 Å². The molecule has 2 nitrogen and oxygen atoms in total. The summed E-state index contributed by atoms with van der Waals surface area (Å²) in [5.74, 6) is 0. The molecule has 0 aliphatic carbocycles. The quantitative estimate of drug-likeness (QED) is 0.814. The molecule has 0 fully saturated rings. The smallest absolute Gasteiger partial charge is 0.106 e. The molecule has 0 atom stereocenters. The molecule has 2 aromatic carbocycles. The fourth-order valence-corrected chi connectivity index (χ4v) is 2.52. The Morgan fingerprint density at radius 2 is 1.79 bits per heavy atom. The van der Waals surface area contributed by atoms with Crippen LogP contribution in [0.4, 0.5) is 11.4 Å². The number of hydrogen-bond acceptors (Lipinski definition) is 2.